The third-order valence-corrected chi connectivity index (χ3v) is 2.87. The summed E-state index contributed by atoms with van der Waals surface area (Å²) in [5.41, 5.74) is 7.22. The van der Waals surface area contributed by atoms with Crippen LogP contribution in [0.1, 0.15) is 18.4 Å². The molecule has 0 fully saturated rings. The Morgan fingerprint density at radius 3 is 2.93 bits per heavy atom. The molecule has 0 radical (unpaired) electrons. The van der Waals surface area contributed by atoms with Crippen molar-refractivity contribution in [3.8, 4) is 11.5 Å². The van der Waals surface area contributed by atoms with E-state index in [1.54, 1.807) is 0 Å². The fourth-order valence-corrected chi connectivity index (χ4v) is 2.02. The Morgan fingerprint density at radius 1 is 1.40 bits per heavy atom. The highest BCUT2D eigenvalue weighted by atomic mass is 16.3. The van der Waals surface area contributed by atoms with E-state index in [0.717, 1.165) is 24.8 Å². The summed E-state index contributed by atoms with van der Waals surface area (Å²) in [5, 5.41) is 22.3. The summed E-state index contributed by atoms with van der Waals surface area (Å²) in [4.78, 5) is 0. The van der Waals surface area contributed by atoms with Gasteiger partial charge in [-0.2, -0.15) is 0 Å². The fraction of sp³-hybridized carbons (Fsp3) is 0.455. The van der Waals surface area contributed by atoms with Crippen molar-refractivity contribution in [2.24, 2.45) is 5.73 Å². The van der Waals surface area contributed by atoms with Crippen molar-refractivity contribution in [2.75, 3.05) is 11.9 Å². The molecule has 0 bridgehead atoms. The average Bonchev–Trinajstić information content (AvgIpc) is 2.25. The zero-order valence-electron chi connectivity index (χ0n) is 8.53. The zero-order chi connectivity index (χ0) is 10.8. The number of fused-ring (bicyclic) bond motifs is 1. The van der Waals surface area contributed by atoms with Gasteiger partial charge in [0.05, 0.1) is 5.69 Å². The van der Waals surface area contributed by atoms with E-state index in [1.165, 1.54) is 6.07 Å². The average molecular weight is 208 g/mol. The van der Waals surface area contributed by atoms with Crippen molar-refractivity contribution in [1.29, 1.82) is 0 Å². The molecule has 0 saturated heterocycles. The molecule has 5 N–H and O–H groups in total. The summed E-state index contributed by atoms with van der Waals surface area (Å²) in [5.74, 6) is -0.121. The van der Waals surface area contributed by atoms with Crippen LogP contribution in [0.4, 0.5) is 5.69 Å². The van der Waals surface area contributed by atoms with E-state index in [0.29, 0.717) is 18.3 Å². The summed E-state index contributed by atoms with van der Waals surface area (Å²) in [7, 11) is 0. The van der Waals surface area contributed by atoms with Crippen molar-refractivity contribution in [3.63, 3.8) is 0 Å². The third kappa shape index (κ3) is 1.85. The molecule has 15 heavy (non-hydrogen) atoms. The smallest absolute Gasteiger partial charge is 0.181 e. The molecular formula is C11H16N2O2. The topological polar surface area (TPSA) is 78.5 Å². The molecule has 82 valence electrons. The van der Waals surface area contributed by atoms with Gasteiger partial charge in [-0.3, -0.25) is 0 Å². The van der Waals surface area contributed by atoms with Crippen LogP contribution in [-0.4, -0.2) is 22.8 Å². The van der Waals surface area contributed by atoms with Gasteiger partial charge < -0.3 is 21.3 Å². The van der Waals surface area contributed by atoms with Gasteiger partial charge in [0.1, 0.15) is 0 Å². The molecule has 4 nitrogen and oxygen atoms in total. The molecule has 0 saturated carbocycles. The minimum Gasteiger partial charge on any atom is -0.504 e. The van der Waals surface area contributed by atoms with E-state index in [2.05, 4.69) is 5.32 Å². The number of benzene rings is 1. The van der Waals surface area contributed by atoms with Gasteiger partial charge in [-0.1, -0.05) is 6.07 Å². The Balaban J connectivity index is 2.27. The highest BCUT2D eigenvalue weighted by Gasteiger charge is 2.21. The summed E-state index contributed by atoms with van der Waals surface area (Å²) in [6.45, 7) is 0.632. The molecule has 4 heteroatoms. The largest absolute Gasteiger partial charge is 0.504 e. The van der Waals surface area contributed by atoms with Gasteiger partial charge in [0, 0.05) is 6.04 Å². The predicted octanol–water partition coefficient (Wildman–Crippen LogP) is 1.17. The number of rotatable bonds is 2. The van der Waals surface area contributed by atoms with Gasteiger partial charge >= 0.3 is 0 Å². The SMILES string of the molecule is NCCC1CCc2ccc(O)c(O)c2N1. The molecule has 0 amide bonds. The van der Waals surface area contributed by atoms with Crippen molar-refractivity contribution in [3.05, 3.63) is 17.7 Å². The first-order chi connectivity index (χ1) is 7.22. The van der Waals surface area contributed by atoms with Crippen molar-refractivity contribution >= 4 is 5.69 Å². The molecular weight excluding hydrogens is 192 g/mol. The number of phenols is 2. The zero-order valence-corrected chi connectivity index (χ0v) is 8.53. The van der Waals surface area contributed by atoms with E-state index < -0.39 is 0 Å². The number of aryl methyl sites for hydroxylation is 1. The first kappa shape index (κ1) is 10.1. The first-order valence-corrected chi connectivity index (χ1v) is 5.22. The number of hydrogen-bond donors (Lipinski definition) is 4. The number of aromatic hydroxyl groups is 2. The Bertz CT molecular complexity index is 366. The van der Waals surface area contributed by atoms with Crippen LogP contribution in [-0.2, 0) is 6.42 Å². The van der Waals surface area contributed by atoms with E-state index in [1.807, 2.05) is 6.07 Å². The lowest BCUT2D eigenvalue weighted by atomic mass is 9.95. The second-order valence-corrected chi connectivity index (χ2v) is 3.92. The molecule has 1 atom stereocenters. The predicted molar refractivity (Wildman–Crippen MR) is 59.2 cm³/mol. The molecule has 0 aromatic heterocycles. The van der Waals surface area contributed by atoms with Crippen LogP contribution < -0.4 is 11.1 Å². The van der Waals surface area contributed by atoms with Gasteiger partial charge in [0.2, 0.25) is 0 Å². The molecule has 1 unspecified atom stereocenters. The molecule has 1 aromatic carbocycles. The Hall–Kier alpha value is -1.42. The lowest BCUT2D eigenvalue weighted by Gasteiger charge is -2.27. The van der Waals surface area contributed by atoms with E-state index >= 15 is 0 Å². The standard InChI is InChI=1S/C11H16N2O2/c12-6-5-8-3-1-7-2-4-9(14)11(15)10(7)13-8/h2,4,8,13-15H,1,3,5-6,12H2. The normalized spacial score (nSPS) is 19.4. The maximum absolute atomic E-state index is 9.69. The lowest BCUT2D eigenvalue weighted by Crippen LogP contribution is -2.27. The third-order valence-electron chi connectivity index (χ3n) is 2.87. The van der Waals surface area contributed by atoms with E-state index in [9.17, 15) is 10.2 Å². The van der Waals surface area contributed by atoms with Crippen LogP contribution in [0.5, 0.6) is 11.5 Å². The van der Waals surface area contributed by atoms with Crippen LogP contribution in [0, 0.1) is 0 Å². The van der Waals surface area contributed by atoms with Crippen molar-refractivity contribution in [2.45, 2.75) is 25.3 Å². The molecule has 1 aliphatic rings. The van der Waals surface area contributed by atoms with Gasteiger partial charge in [0.25, 0.3) is 0 Å². The minimum absolute atomic E-state index is 0.0470. The number of nitrogens with one attached hydrogen (secondary N) is 1. The molecule has 0 spiro atoms. The highest BCUT2D eigenvalue weighted by Crippen LogP contribution is 2.39. The number of anilines is 1. The van der Waals surface area contributed by atoms with Crippen LogP contribution in [0.2, 0.25) is 0 Å². The van der Waals surface area contributed by atoms with Crippen LogP contribution in [0.25, 0.3) is 0 Å². The minimum atomic E-state index is -0.0744. The Kier molecular flexibility index (Phi) is 2.68. The second-order valence-electron chi connectivity index (χ2n) is 3.92. The first-order valence-electron chi connectivity index (χ1n) is 5.22. The Labute approximate surface area is 88.7 Å². The maximum Gasteiger partial charge on any atom is 0.181 e. The molecule has 1 aromatic rings. The van der Waals surface area contributed by atoms with Crippen molar-refractivity contribution in [1.82, 2.24) is 0 Å². The summed E-state index contributed by atoms with van der Waals surface area (Å²) in [6, 6.07) is 3.67. The Morgan fingerprint density at radius 2 is 2.20 bits per heavy atom. The molecule has 0 aliphatic carbocycles. The summed E-state index contributed by atoms with van der Waals surface area (Å²) >= 11 is 0. The van der Waals surface area contributed by atoms with Gasteiger partial charge in [-0.05, 0) is 37.4 Å². The van der Waals surface area contributed by atoms with E-state index in [4.69, 9.17) is 5.73 Å². The highest BCUT2D eigenvalue weighted by molar-refractivity contribution is 5.68. The number of phenolic OH excluding ortho intramolecular Hbond substituents is 2. The van der Waals surface area contributed by atoms with Gasteiger partial charge in [-0.15, -0.1) is 0 Å². The van der Waals surface area contributed by atoms with Gasteiger partial charge in [0.15, 0.2) is 11.5 Å². The molecule has 2 rings (SSSR count). The number of nitrogens with two attached hydrogens (primary N) is 1. The van der Waals surface area contributed by atoms with Crippen LogP contribution in [0.15, 0.2) is 12.1 Å². The van der Waals surface area contributed by atoms with Crippen LogP contribution >= 0.6 is 0 Å². The fourth-order valence-electron chi connectivity index (χ4n) is 2.02. The molecule has 1 aliphatic heterocycles. The second kappa shape index (κ2) is 3.98. The maximum atomic E-state index is 9.69. The summed E-state index contributed by atoms with van der Waals surface area (Å²) < 4.78 is 0. The number of hydrogen-bond acceptors (Lipinski definition) is 4. The molecule has 1 heterocycles. The lowest BCUT2D eigenvalue weighted by molar-refractivity contribution is 0.402. The van der Waals surface area contributed by atoms with E-state index in [-0.39, 0.29) is 11.5 Å². The quantitative estimate of drug-likeness (QED) is 0.550. The van der Waals surface area contributed by atoms with Crippen LogP contribution in [0.3, 0.4) is 0 Å². The summed E-state index contributed by atoms with van der Waals surface area (Å²) in [6.07, 6.45) is 2.82. The monoisotopic (exact) mass is 208 g/mol. The van der Waals surface area contributed by atoms with Gasteiger partial charge in [-0.25, -0.2) is 0 Å². The van der Waals surface area contributed by atoms with Crippen molar-refractivity contribution < 1.29 is 10.2 Å².